The minimum atomic E-state index is -0.794. The van der Waals surface area contributed by atoms with Crippen molar-refractivity contribution in [2.45, 2.75) is 19.9 Å². The molecule has 1 atom stereocenters. The van der Waals surface area contributed by atoms with E-state index in [0.717, 1.165) is 11.3 Å². The molecule has 0 radical (unpaired) electrons. The van der Waals surface area contributed by atoms with Gasteiger partial charge >= 0.3 is 5.97 Å². The van der Waals surface area contributed by atoms with Gasteiger partial charge in [0.1, 0.15) is 24.7 Å². The minimum absolute atomic E-state index is 0.177. The molecule has 1 aliphatic heterocycles. The predicted molar refractivity (Wildman–Crippen MR) is 177 cm³/mol. The maximum Gasteiger partial charge on any atom is 0.338 e. The third-order valence-corrected chi connectivity index (χ3v) is 8.38. The number of hydrogen-bond donors (Lipinski definition) is 0. The van der Waals surface area contributed by atoms with Crippen LogP contribution in [0.1, 0.15) is 31.0 Å². The summed E-state index contributed by atoms with van der Waals surface area (Å²) in [5.74, 6) is 2.93. The van der Waals surface area contributed by atoms with Crippen LogP contribution in [0, 0.1) is 0 Å². The number of benzene rings is 3. The molecule has 2 heterocycles. The highest BCUT2D eigenvalue weighted by Crippen LogP contribution is 2.36. The van der Waals surface area contributed by atoms with Crippen LogP contribution < -0.4 is 43.3 Å². The fourth-order valence-corrected chi connectivity index (χ4v) is 6.20. The molecule has 0 saturated carbocycles. The molecule has 0 amide bonds. The number of allylic oxidation sites excluding steroid dienone is 1. The summed E-state index contributed by atoms with van der Waals surface area (Å²) in [6, 6.07) is 17.2. The molecule has 0 bridgehead atoms. The van der Waals surface area contributed by atoms with Crippen LogP contribution in [0.3, 0.4) is 0 Å². The third-order valence-electron chi connectivity index (χ3n) is 7.39. The minimum Gasteiger partial charge on any atom is -0.497 e. The molecule has 0 aliphatic carbocycles. The highest BCUT2D eigenvalue weighted by Gasteiger charge is 2.34. The Balaban J connectivity index is 1.45. The zero-order chi connectivity index (χ0) is 33.5. The molecule has 0 spiro atoms. The summed E-state index contributed by atoms with van der Waals surface area (Å²) in [5.41, 5.74) is 1.80. The van der Waals surface area contributed by atoms with Gasteiger partial charge in [0.2, 0.25) is 0 Å². The topological polar surface area (TPSA) is 116 Å². The molecule has 47 heavy (non-hydrogen) atoms. The average Bonchev–Trinajstić information content (AvgIpc) is 3.39. The molecule has 0 N–H and O–H groups in total. The quantitative estimate of drug-likeness (QED) is 0.153. The van der Waals surface area contributed by atoms with Gasteiger partial charge in [-0.25, -0.2) is 9.79 Å². The molecule has 5 rings (SSSR count). The summed E-state index contributed by atoms with van der Waals surface area (Å²) in [5, 5.41) is 0. The number of thiazole rings is 1. The Morgan fingerprint density at radius 2 is 1.49 bits per heavy atom. The summed E-state index contributed by atoms with van der Waals surface area (Å²) < 4.78 is 40.7. The number of nitrogens with zero attached hydrogens (tertiary/aromatic N) is 2. The van der Waals surface area contributed by atoms with Crippen molar-refractivity contribution in [1.82, 2.24) is 4.57 Å². The van der Waals surface area contributed by atoms with E-state index in [2.05, 4.69) is 4.99 Å². The summed E-state index contributed by atoms with van der Waals surface area (Å²) in [4.78, 5) is 32.4. The molecule has 4 aromatic rings. The summed E-state index contributed by atoms with van der Waals surface area (Å²) >= 11 is 1.23. The second kappa shape index (κ2) is 14.9. The lowest BCUT2D eigenvalue weighted by Crippen LogP contribution is -2.39. The van der Waals surface area contributed by atoms with Crippen LogP contribution in [-0.4, -0.2) is 58.8 Å². The van der Waals surface area contributed by atoms with Gasteiger partial charge in [-0.15, -0.1) is 0 Å². The van der Waals surface area contributed by atoms with Crippen LogP contribution in [0.25, 0.3) is 6.08 Å². The van der Waals surface area contributed by atoms with Crippen LogP contribution in [0.15, 0.2) is 81.7 Å². The number of fused-ring (bicyclic) bond motifs is 1. The second-order valence-electron chi connectivity index (χ2n) is 10.2. The Morgan fingerprint density at radius 1 is 0.830 bits per heavy atom. The lowest BCUT2D eigenvalue weighted by atomic mass is 9.95. The van der Waals surface area contributed by atoms with E-state index in [-0.39, 0.29) is 17.7 Å². The van der Waals surface area contributed by atoms with Crippen molar-refractivity contribution in [3.8, 4) is 34.5 Å². The zero-order valence-corrected chi connectivity index (χ0v) is 27.8. The van der Waals surface area contributed by atoms with Gasteiger partial charge in [-0.05, 0) is 79.6 Å². The monoisotopic (exact) mass is 660 g/mol. The molecular formula is C35H36N2O9S. The van der Waals surface area contributed by atoms with E-state index < -0.39 is 12.0 Å². The Labute approximate surface area is 275 Å². The lowest BCUT2D eigenvalue weighted by Gasteiger charge is -2.25. The van der Waals surface area contributed by atoms with Gasteiger partial charge in [0.25, 0.3) is 5.56 Å². The van der Waals surface area contributed by atoms with Crippen molar-refractivity contribution in [3.05, 3.63) is 103 Å². The van der Waals surface area contributed by atoms with Gasteiger partial charge in [-0.2, -0.15) is 0 Å². The number of carbonyl (C=O) groups is 1. The Hall–Kier alpha value is -5.23. The van der Waals surface area contributed by atoms with E-state index in [4.69, 9.17) is 33.2 Å². The fourth-order valence-electron chi connectivity index (χ4n) is 5.16. The molecule has 1 unspecified atom stereocenters. The SMILES string of the molecule is CCOC(=O)C1=C(C)N=c2sc(=Cc3ccc(OCCOc4ccc(OC)cc4)c(OC)c3)c(=O)n2C1c1ccc(OC)c(OC)c1. The Morgan fingerprint density at radius 3 is 2.17 bits per heavy atom. The van der Waals surface area contributed by atoms with Crippen molar-refractivity contribution >= 4 is 23.4 Å². The maximum absolute atomic E-state index is 14.0. The molecule has 1 aliphatic rings. The van der Waals surface area contributed by atoms with Crippen LogP contribution in [0.4, 0.5) is 0 Å². The van der Waals surface area contributed by atoms with E-state index in [1.165, 1.54) is 23.0 Å². The molecule has 1 aromatic heterocycles. The summed E-state index contributed by atoms with van der Waals surface area (Å²) in [6.07, 6.45) is 1.76. The molecule has 11 nitrogen and oxygen atoms in total. The van der Waals surface area contributed by atoms with Gasteiger partial charge in [-0.3, -0.25) is 9.36 Å². The van der Waals surface area contributed by atoms with E-state index in [0.29, 0.717) is 62.6 Å². The standard InChI is InChI=1S/C35H36N2O9S/c1-7-44-34(39)31-21(2)36-35-37(32(31)23-9-15-26(41-4)29(20-23)43-6)33(38)30(47-35)19-22-8-14-27(28(18-22)42-5)46-17-16-45-25-12-10-24(40-3)11-13-25/h8-15,18-20,32H,7,16-17H2,1-6H3. The first-order valence-electron chi connectivity index (χ1n) is 14.8. The molecular weight excluding hydrogens is 624 g/mol. The van der Waals surface area contributed by atoms with Crippen molar-refractivity contribution < 1.29 is 38.0 Å². The number of aromatic nitrogens is 1. The third kappa shape index (κ3) is 7.12. The second-order valence-corrected chi connectivity index (χ2v) is 11.2. The van der Waals surface area contributed by atoms with E-state index in [1.54, 1.807) is 71.6 Å². The number of carbonyl (C=O) groups excluding carboxylic acids is 1. The van der Waals surface area contributed by atoms with Gasteiger partial charge < -0.3 is 33.2 Å². The van der Waals surface area contributed by atoms with Crippen LogP contribution >= 0.6 is 11.3 Å². The molecule has 3 aromatic carbocycles. The summed E-state index contributed by atoms with van der Waals surface area (Å²) in [6.45, 7) is 4.26. The van der Waals surface area contributed by atoms with E-state index >= 15 is 0 Å². The highest BCUT2D eigenvalue weighted by molar-refractivity contribution is 7.07. The molecule has 0 saturated heterocycles. The highest BCUT2D eigenvalue weighted by atomic mass is 32.1. The predicted octanol–water partition coefficient (Wildman–Crippen LogP) is 4.29. The van der Waals surface area contributed by atoms with Crippen LogP contribution in [0.2, 0.25) is 0 Å². The summed E-state index contributed by atoms with van der Waals surface area (Å²) in [7, 11) is 6.24. The average molecular weight is 661 g/mol. The zero-order valence-electron chi connectivity index (χ0n) is 27.0. The number of esters is 1. The van der Waals surface area contributed by atoms with Gasteiger partial charge in [0.15, 0.2) is 27.8 Å². The first-order chi connectivity index (χ1) is 22.8. The number of rotatable bonds is 13. The van der Waals surface area contributed by atoms with Crippen LogP contribution in [-0.2, 0) is 9.53 Å². The van der Waals surface area contributed by atoms with Crippen LogP contribution in [0.5, 0.6) is 34.5 Å². The van der Waals surface area contributed by atoms with Crippen molar-refractivity contribution in [2.75, 3.05) is 48.3 Å². The molecule has 0 fully saturated rings. The lowest BCUT2D eigenvalue weighted by molar-refractivity contribution is -0.139. The van der Waals surface area contributed by atoms with Gasteiger partial charge in [-0.1, -0.05) is 23.5 Å². The van der Waals surface area contributed by atoms with E-state index in [1.807, 2.05) is 30.3 Å². The van der Waals surface area contributed by atoms with Crippen molar-refractivity contribution in [1.29, 1.82) is 0 Å². The molecule has 246 valence electrons. The first kappa shape index (κ1) is 33.1. The number of methoxy groups -OCH3 is 4. The normalized spacial score (nSPS) is 14.2. The smallest absolute Gasteiger partial charge is 0.338 e. The van der Waals surface area contributed by atoms with E-state index in [9.17, 15) is 9.59 Å². The Kier molecular flexibility index (Phi) is 10.5. The fraction of sp³-hybridized carbons (Fsp3) is 0.286. The van der Waals surface area contributed by atoms with Gasteiger partial charge in [0, 0.05) is 0 Å². The van der Waals surface area contributed by atoms with Gasteiger partial charge in [0.05, 0.1) is 56.9 Å². The first-order valence-corrected chi connectivity index (χ1v) is 15.6. The maximum atomic E-state index is 14.0. The molecule has 12 heteroatoms. The van der Waals surface area contributed by atoms with Crippen molar-refractivity contribution in [2.24, 2.45) is 4.99 Å². The number of ether oxygens (including phenoxy) is 7. The Bertz CT molecular complexity index is 1960. The largest absolute Gasteiger partial charge is 0.497 e. The number of hydrogen-bond acceptors (Lipinski definition) is 11. The van der Waals surface area contributed by atoms with Crippen molar-refractivity contribution in [3.63, 3.8) is 0 Å².